The van der Waals surface area contributed by atoms with Crippen molar-refractivity contribution in [1.82, 2.24) is 15.5 Å². The first-order valence-corrected chi connectivity index (χ1v) is 9.32. The predicted octanol–water partition coefficient (Wildman–Crippen LogP) is 3.53. The van der Waals surface area contributed by atoms with Crippen molar-refractivity contribution in [2.24, 2.45) is 4.99 Å². The number of aliphatic imine (C=N–C) groups is 1. The van der Waals surface area contributed by atoms with Crippen molar-refractivity contribution in [1.29, 1.82) is 0 Å². The van der Waals surface area contributed by atoms with Crippen molar-refractivity contribution in [3.05, 3.63) is 65.7 Å². The highest BCUT2D eigenvalue weighted by atomic mass is 127. The van der Waals surface area contributed by atoms with Crippen molar-refractivity contribution in [2.45, 2.75) is 12.7 Å². The summed E-state index contributed by atoms with van der Waals surface area (Å²) in [5, 5.41) is 5.90. The van der Waals surface area contributed by atoms with Gasteiger partial charge in [-0.3, -0.25) is 4.79 Å². The fourth-order valence-electron chi connectivity index (χ4n) is 2.36. The van der Waals surface area contributed by atoms with E-state index in [2.05, 4.69) is 15.6 Å². The lowest BCUT2D eigenvalue weighted by Gasteiger charge is -2.15. The topological polar surface area (TPSA) is 66.0 Å². The highest BCUT2D eigenvalue weighted by molar-refractivity contribution is 14.0. The first-order valence-electron chi connectivity index (χ1n) is 9.32. The molecule has 0 aliphatic heterocycles. The van der Waals surface area contributed by atoms with E-state index in [4.69, 9.17) is 4.74 Å². The van der Waals surface area contributed by atoms with E-state index in [1.807, 2.05) is 30.3 Å². The Morgan fingerprint density at radius 3 is 2.42 bits per heavy atom. The average Bonchev–Trinajstić information content (AvgIpc) is 2.72. The molecular formula is C21H26F3IN4O2. The zero-order chi connectivity index (χ0) is 22.0. The second-order valence-electron chi connectivity index (χ2n) is 6.59. The lowest BCUT2D eigenvalue weighted by molar-refractivity contribution is -0.137. The van der Waals surface area contributed by atoms with Crippen LogP contribution in [-0.4, -0.2) is 50.6 Å². The number of guanidine groups is 1. The highest BCUT2D eigenvalue weighted by Gasteiger charge is 2.30. The summed E-state index contributed by atoms with van der Waals surface area (Å²) < 4.78 is 44.2. The number of alkyl halides is 3. The zero-order valence-corrected chi connectivity index (χ0v) is 19.6. The monoisotopic (exact) mass is 550 g/mol. The number of benzene rings is 2. The van der Waals surface area contributed by atoms with E-state index < -0.39 is 11.7 Å². The minimum absolute atomic E-state index is 0. The van der Waals surface area contributed by atoms with Crippen LogP contribution in [0.4, 0.5) is 13.2 Å². The Morgan fingerprint density at radius 1 is 1.06 bits per heavy atom. The number of carbonyl (C=O) groups is 1. The molecule has 0 aromatic heterocycles. The average molecular weight is 550 g/mol. The number of nitrogens with zero attached hydrogens (tertiary/aromatic N) is 2. The van der Waals surface area contributed by atoms with Crippen LogP contribution in [0, 0.1) is 0 Å². The normalized spacial score (nSPS) is 11.3. The van der Waals surface area contributed by atoms with E-state index in [1.165, 1.54) is 11.0 Å². The van der Waals surface area contributed by atoms with Gasteiger partial charge in [-0.25, -0.2) is 4.99 Å². The first kappa shape index (κ1) is 26.5. The molecule has 2 aromatic rings. The lowest BCUT2D eigenvalue weighted by atomic mass is 10.1. The van der Waals surface area contributed by atoms with E-state index in [0.29, 0.717) is 24.7 Å². The molecule has 2 aromatic carbocycles. The van der Waals surface area contributed by atoms with Crippen molar-refractivity contribution in [2.75, 3.05) is 33.8 Å². The molecule has 0 saturated carbocycles. The van der Waals surface area contributed by atoms with Crippen LogP contribution in [0.5, 0.6) is 5.75 Å². The summed E-state index contributed by atoms with van der Waals surface area (Å²) in [5.41, 5.74) is -0.317. The second kappa shape index (κ2) is 13.0. The van der Waals surface area contributed by atoms with Gasteiger partial charge in [-0.2, -0.15) is 13.2 Å². The van der Waals surface area contributed by atoms with Gasteiger partial charge in [0.05, 0.1) is 25.2 Å². The molecular weight excluding hydrogens is 524 g/mol. The fraction of sp³-hybridized carbons (Fsp3) is 0.333. The minimum atomic E-state index is -4.41. The quantitative estimate of drug-likeness (QED) is 0.229. The number of nitrogens with one attached hydrogen (secondary N) is 2. The Balaban J connectivity index is 0.00000480. The maximum absolute atomic E-state index is 12.9. The highest BCUT2D eigenvalue weighted by Crippen LogP contribution is 2.29. The molecule has 0 unspecified atom stereocenters. The molecule has 0 aliphatic rings. The third-order valence-electron chi connectivity index (χ3n) is 3.99. The summed E-state index contributed by atoms with van der Waals surface area (Å²) in [6.07, 6.45) is -4.41. The van der Waals surface area contributed by atoms with Gasteiger partial charge in [0, 0.05) is 14.1 Å². The Kier molecular flexibility index (Phi) is 11.2. The van der Waals surface area contributed by atoms with Crippen LogP contribution in [-0.2, 0) is 17.5 Å². The van der Waals surface area contributed by atoms with Crippen LogP contribution in [0.2, 0.25) is 0 Å². The van der Waals surface area contributed by atoms with Gasteiger partial charge in [0.15, 0.2) is 5.96 Å². The lowest BCUT2D eigenvalue weighted by Crippen LogP contribution is -2.44. The first-order chi connectivity index (χ1) is 14.3. The summed E-state index contributed by atoms with van der Waals surface area (Å²) in [6, 6.07) is 14.3. The molecule has 0 fully saturated rings. The number of para-hydroxylation sites is 1. The molecule has 0 heterocycles. The summed E-state index contributed by atoms with van der Waals surface area (Å²) in [6.45, 7) is 0.755. The van der Waals surface area contributed by atoms with Crippen LogP contribution < -0.4 is 15.4 Å². The van der Waals surface area contributed by atoms with Gasteiger partial charge in [0.25, 0.3) is 0 Å². The van der Waals surface area contributed by atoms with E-state index in [9.17, 15) is 18.0 Å². The zero-order valence-electron chi connectivity index (χ0n) is 17.3. The van der Waals surface area contributed by atoms with Gasteiger partial charge in [-0.1, -0.05) is 30.3 Å². The number of amides is 1. The minimum Gasteiger partial charge on any atom is -0.492 e. The number of ether oxygens (including phenoxy) is 1. The molecule has 6 nitrogen and oxygen atoms in total. The van der Waals surface area contributed by atoms with Crippen LogP contribution in [0.1, 0.15) is 11.1 Å². The van der Waals surface area contributed by atoms with Crippen molar-refractivity contribution in [3.8, 4) is 5.75 Å². The van der Waals surface area contributed by atoms with Crippen LogP contribution in [0.15, 0.2) is 59.6 Å². The maximum atomic E-state index is 12.9. The summed E-state index contributed by atoms with van der Waals surface area (Å²) in [5.74, 6) is 0.862. The molecule has 170 valence electrons. The van der Waals surface area contributed by atoms with E-state index in [-0.39, 0.29) is 43.0 Å². The molecule has 0 atom stereocenters. The molecule has 31 heavy (non-hydrogen) atoms. The molecule has 0 spiro atoms. The number of likely N-dealkylation sites (N-methyl/N-ethyl adjacent to an activating group) is 1. The largest absolute Gasteiger partial charge is 0.492 e. The molecule has 0 saturated heterocycles. The summed E-state index contributed by atoms with van der Waals surface area (Å²) >= 11 is 0. The van der Waals surface area contributed by atoms with Crippen molar-refractivity contribution >= 4 is 35.8 Å². The molecule has 10 heteroatoms. The fourth-order valence-corrected chi connectivity index (χ4v) is 2.36. The van der Waals surface area contributed by atoms with Crippen LogP contribution >= 0.6 is 24.0 Å². The van der Waals surface area contributed by atoms with E-state index in [1.54, 1.807) is 20.2 Å². The third-order valence-corrected chi connectivity index (χ3v) is 3.99. The third kappa shape index (κ3) is 9.90. The van der Waals surface area contributed by atoms with Crippen molar-refractivity contribution in [3.63, 3.8) is 0 Å². The molecule has 2 rings (SSSR count). The predicted molar refractivity (Wildman–Crippen MR) is 125 cm³/mol. The smallest absolute Gasteiger partial charge is 0.416 e. The standard InChI is InChI=1S/C21H25F3N4O2.HI/c1-28(2)19(29)15-27-20(25-11-12-30-18-9-4-3-5-10-18)26-14-16-7-6-8-17(13-16)21(22,23)24;/h3-10,13H,11-12,14-15H2,1-2H3,(H2,25,26,27);1H. The summed E-state index contributed by atoms with van der Waals surface area (Å²) in [4.78, 5) is 17.5. The molecule has 0 aliphatic carbocycles. The van der Waals surface area contributed by atoms with Gasteiger partial charge >= 0.3 is 6.18 Å². The van der Waals surface area contributed by atoms with Crippen molar-refractivity contribution < 1.29 is 22.7 Å². The molecule has 0 radical (unpaired) electrons. The molecule has 2 N–H and O–H groups in total. The Labute approximate surface area is 196 Å². The molecule has 1 amide bonds. The number of rotatable bonds is 8. The van der Waals surface area contributed by atoms with E-state index in [0.717, 1.165) is 17.9 Å². The van der Waals surface area contributed by atoms with Crippen LogP contribution in [0.25, 0.3) is 0 Å². The Bertz CT molecular complexity index is 846. The number of hydrogen-bond acceptors (Lipinski definition) is 3. The van der Waals surface area contributed by atoms with Gasteiger partial charge < -0.3 is 20.3 Å². The number of hydrogen-bond donors (Lipinski definition) is 2. The molecule has 0 bridgehead atoms. The van der Waals surface area contributed by atoms with Gasteiger partial charge in [-0.15, -0.1) is 24.0 Å². The number of halogens is 4. The summed E-state index contributed by atoms with van der Waals surface area (Å²) in [7, 11) is 3.26. The van der Waals surface area contributed by atoms with Gasteiger partial charge in [-0.05, 0) is 29.8 Å². The second-order valence-corrected chi connectivity index (χ2v) is 6.59. The van der Waals surface area contributed by atoms with Crippen LogP contribution in [0.3, 0.4) is 0 Å². The SMILES string of the molecule is CN(C)C(=O)CNC(=NCc1cccc(C(F)(F)F)c1)NCCOc1ccccc1.I. The van der Waals surface area contributed by atoms with Gasteiger partial charge in [0.1, 0.15) is 12.4 Å². The Hall–Kier alpha value is -2.50. The Morgan fingerprint density at radius 2 is 1.77 bits per heavy atom. The maximum Gasteiger partial charge on any atom is 0.416 e. The number of carbonyl (C=O) groups excluding carboxylic acids is 1. The van der Waals surface area contributed by atoms with Gasteiger partial charge in [0.2, 0.25) is 5.91 Å². The van der Waals surface area contributed by atoms with E-state index >= 15 is 0 Å².